The van der Waals surface area contributed by atoms with Crippen LogP contribution in [0.5, 0.6) is 5.75 Å². The number of ether oxygens (including phenoxy) is 2. The third-order valence-corrected chi connectivity index (χ3v) is 5.57. The number of thiophene rings is 1. The van der Waals surface area contributed by atoms with Gasteiger partial charge in [0.1, 0.15) is 5.75 Å². The van der Waals surface area contributed by atoms with Crippen LogP contribution in [0.1, 0.15) is 15.9 Å². The second kappa shape index (κ2) is 8.97. The first kappa shape index (κ1) is 20.6. The van der Waals surface area contributed by atoms with Crippen molar-refractivity contribution in [3.8, 4) is 16.3 Å². The summed E-state index contributed by atoms with van der Waals surface area (Å²) in [5.74, 6) is -0.497. The van der Waals surface area contributed by atoms with Crippen LogP contribution in [0.15, 0.2) is 66.0 Å². The second-order valence-corrected chi connectivity index (χ2v) is 7.83. The van der Waals surface area contributed by atoms with Crippen LogP contribution < -0.4 is 10.1 Å². The van der Waals surface area contributed by atoms with Gasteiger partial charge in [-0.25, -0.2) is 9.78 Å². The highest BCUT2D eigenvalue weighted by atomic mass is 32.1. The molecule has 2 aromatic heterocycles. The number of para-hydroxylation sites is 1. The minimum Gasteiger partial charge on any atom is -0.495 e. The SMILES string of the molecule is COc1ccc(C)cc1NC(=O)COC(=O)c1cc(-c2cccs2)nc2ccccc12. The Morgan fingerprint density at radius 2 is 1.90 bits per heavy atom. The van der Waals surface area contributed by atoms with Crippen LogP contribution in [0.4, 0.5) is 5.69 Å². The van der Waals surface area contributed by atoms with E-state index in [-0.39, 0.29) is 0 Å². The number of carbonyl (C=O) groups excluding carboxylic acids is 2. The molecule has 0 saturated heterocycles. The lowest BCUT2D eigenvalue weighted by molar-refractivity contribution is -0.119. The van der Waals surface area contributed by atoms with Gasteiger partial charge in [0, 0.05) is 5.39 Å². The second-order valence-electron chi connectivity index (χ2n) is 6.88. The number of benzene rings is 2. The van der Waals surface area contributed by atoms with Crippen molar-refractivity contribution in [3.05, 3.63) is 77.2 Å². The number of nitrogens with one attached hydrogen (secondary N) is 1. The molecule has 1 N–H and O–H groups in total. The van der Waals surface area contributed by atoms with Gasteiger partial charge in [0.05, 0.1) is 34.4 Å². The van der Waals surface area contributed by atoms with E-state index in [2.05, 4.69) is 10.3 Å². The summed E-state index contributed by atoms with van der Waals surface area (Å²) in [6.45, 7) is 1.50. The zero-order chi connectivity index (χ0) is 21.8. The Balaban J connectivity index is 1.54. The van der Waals surface area contributed by atoms with Crippen molar-refractivity contribution in [1.82, 2.24) is 4.98 Å². The molecule has 2 heterocycles. The van der Waals surface area contributed by atoms with Gasteiger partial charge in [-0.3, -0.25) is 4.79 Å². The Morgan fingerprint density at radius 1 is 1.06 bits per heavy atom. The van der Waals surface area contributed by atoms with Gasteiger partial charge < -0.3 is 14.8 Å². The highest BCUT2D eigenvalue weighted by Gasteiger charge is 2.17. The van der Waals surface area contributed by atoms with E-state index in [1.165, 1.54) is 18.4 Å². The Morgan fingerprint density at radius 3 is 2.68 bits per heavy atom. The number of anilines is 1. The van der Waals surface area contributed by atoms with Crippen molar-refractivity contribution in [2.45, 2.75) is 6.92 Å². The van der Waals surface area contributed by atoms with Crippen LogP contribution in [0, 0.1) is 6.92 Å². The van der Waals surface area contributed by atoms with Gasteiger partial charge in [-0.1, -0.05) is 30.3 Å². The molecule has 4 rings (SSSR count). The molecule has 0 fully saturated rings. The maximum Gasteiger partial charge on any atom is 0.339 e. The summed E-state index contributed by atoms with van der Waals surface area (Å²) in [5.41, 5.74) is 3.24. The molecule has 156 valence electrons. The Hall–Kier alpha value is -3.71. The molecular formula is C24H20N2O4S. The molecule has 0 aliphatic heterocycles. The minimum atomic E-state index is -0.581. The lowest BCUT2D eigenvalue weighted by Gasteiger charge is -2.12. The molecule has 31 heavy (non-hydrogen) atoms. The Bertz CT molecular complexity index is 1250. The highest BCUT2D eigenvalue weighted by Crippen LogP contribution is 2.28. The van der Waals surface area contributed by atoms with Crippen LogP contribution in [0.25, 0.3) is 21.5 Å². The first-order chi connectivity index (χ1) is 15.0. The number of hydrogen-bond acceptors (Lipinski definition) is 6. The maximum atomic E-state index is 12.9. The van der Waals surface area contributed by atoms with E-state index in [4.69, 9.17) is 9.47 Å². The van der Waals surface area contributed by atoms with Crippen molar-refractivity contribution in [1.29, 1.82) is 0 Å². The summed E-state index contributed by atoms with van der Waals surface area (Å²) in [7, 11) is 1.53. The number of rotatable bonds is 6. The summed E-state index contributed by atoms with van der Waals surface area (Å²) in [4.78, 5) is 30.9. The highest BCUT2D eigenvalue weighted by molar-refractivity contribution is 7.13. The number of aromatic nitrogens is 1. The summed E-state index contributed by atoms with van der Waals surface area (Å²) in [5, 5.41) is 5.36. The molecule has 4 aromatic rings. The van der Waals surface area contributed by atoms with Gasteiger partial charge in [-0.15, -0.1) is 11.3 Å². The molecule has 0 saturated carbocycles. The minimum absolute atomic E-state index is 0.370. The summed E-state index contributed by atoms with van der Waals surface area (Å²) in [6, 6.07) is 18.4. The first-order valence-corrected chi connectivity index (χ1v) is 10.5. The lowest BCUT2D eigenvalue weighted by Crippen LogP contribution is -2.21. The average molecular weight is 433 g/mol. The number of aryl methyl sites for hydroxylation is 1. The molecule has 2 aromatic carbocycles. The van der Waals surface area contributed by atoms with Crippen molar-refractivity contribution in [2.75, 3.05) is 19.0 Å². The summed E-state index contributed by atoms with van der Waals surface area (Å²) < 4.78 is 10.6. The lowest BCUT2D eigenvalue weighted by atomic mass is 10.1. The third-order valence-electron chi connectivity index (χ3n) is 4.67. The molecule has 0 bridgehead atoms. The first-order valence-electron chi connectivity index (χ1n) is 9.60. The molecule has 0 aliphatic rings. The standard InChI is InChI=1S/C24H20N2O4S/c1-15-9-10-21(29-2)19(12-15)26-23(27)14-30-24(28)17-13-20(22-8-5-11-31-22)25-18-7-4-3-6-16(17)18/h3-13H,14H2,1-2H3,(H,26,27). The number of nitrogens with zero attached hydrogens (tertiary/aromatic N) is 1. The summed E-state index contributed by atoms with van der Waals surface area (Å²) >= 11 is 1.54. The van der Waals surface area contributed by atoms with E-state index in [0.717, 1.165) is 10.4 Å². The van der Waals surface area contributed by atoms with Crippen molar-refractivity contribution in [2.24, 2.45) is 0 Å². The van der Waals surface area contributed by atoms with Gasteiger partial charge in [0.15, 0.2) is 6.61 Å². The van der Waals surface area contributed by atoms with Crippen molar-refractivity contribution >= 4 is 39.8 Å². The fourth-order valence-corrected chi connectivity index (χ4v) is 3.90. The third kappa shape index (κ3) is 4.57. The van der Waals surface area contributed by atoms with Gasteiger partial charge in [-0.2, -0.15) is 0 Å². The molecule has 0 radical (unpaired) electrons. The van der Waals surface area contributed by atoms with Crippen LogP contribution in [-0.4, -0.2) is 30.6 Å². The molecule has 0 atom stereocenters. The molecule has 1 amide bonds. The number of pyridine rings is 1. The van der Waals surface area contributed by atoms with Gasteiger partial charge >= 0.3 is 5.97 Å². The predicted octanol–water partition coefficient (Wildman–Crippen LogP) is 5.08. The number of methoxy groups -OCH3 is 1. The normalized spacial score (nSPS) is 10.6. The van der Waals surface area contributed by atoms with Crippen LogP contribution >= 0.6 is 11.3 Å². The molecule has 0 aliphatic carbocycles. The number of esters is 1. The van der Waals surface area contributed by atoms with Crippen molar-refractivity contribution < 1.29 is 19.1 Å². The zero-order valence-corrected chi connectivity index (χ0v) is 17.9. The van der Waals surface area contributed by atoms with Crippen molar-refractivity contribution in [3.63, 3.8) is 0 Å². The molecule has 7 heteroatoms. The van der Waals surface area contributed by atoms with Crippen LogP contribution in [-0.2, 0) is 9.53 Å². The average Bonchev–Trinajstić information content (AvgIpc) is 3.32. The summed E-state index contributed by atoms with van der Waals surface area (Å²) in [6.07, 6.45) is 0. The predicted molar refractivity (Wildman–Crippen MR) is 122 cm³/mol. The fraction of sp³-hybridized carbons (Fsp3) is 0.125. The smallest absolute Gasteiger partial charge is 0.339 e. The van der Waals surface area contributed by atoms with E-state index in [0.29, 0.717) is 33.6 Å². The van der Waals surface area contributed by atoms with E-state index in [9.17, 15) is 9.59 Å². The van der Waals surface area contributed by atoms with Gasteiger partial charge in [0.2, 0.25) is 0 Å². The Labute approximate surface area is 183 Å². The molecule has 6 nitrogen and oxygen atoms in total. The van der Waals surface area contributed by atoms with E-state index >= 15 is 0 Å². The quantitative estimate of drug-likeness (QED) is 0.430. The number of carbonyl (C=O) groups is 2. The monoisotopic (exact) mass is 432 g/mol. The van der Waals surface area contributed by atoms with Gasteiger partial charge in [-0.05, 0) is 48.2 Å². The van der Waals surface area contributed by atoms with Crippen LogP contribution in [0.2, 0.25) is 0 Å². The topological polar surface area (TPSA) is 77.5 Å². The van der Waals surface area contributed by atoms with E-state index < -0.39 is 18.5 Å². The molecule has 0 unspecified atom stereocenters. The fourth-order valence-electron chi connectivity index (χ4n) is 3.21. The number of hydrogen-bond donors (Lipinski definition) is 1. The Kier molecular flexibility index (Phi) is 5.95. The largest absolute Gasteiger partial charge is 0.495 e. The molecule has 0 spiro atoms. The number of fused-ring (bicyclic) bond motifs is 1. The van der Waals surface area contributed by atoms with E-state index in [1.54, 1.807) is 18.2 Å². The van der Waals surface area contributed by atoms with E-state index in [1.807, 2.05) is 54.8 Å². The zero-order valence-electron chi connectivity index (χ0n) is 17.0. The van der Waals surface area contributed by atoms with Crippen LogP contribution in [0.3, 0.4) is 0 Å². The number of amides is 1. The maximum absolute atomic E-state index is 12.9. The van der Waals surface area contributed by atoms with Gasteiger partial charge in [0.25, 0.3) is 5.91 Å². The molecular weight excluding hydrogens is 412 g/mol.